The average molecular weight is 401 g/mol. The van der Waals surface area contributed by atoms with Crippen LogP contribution < -0.4 is 4.31 Å². The van der Waals surface area contributed by atoms with Crippen LogP contribution in [0.1, 0.15) is 30.9 Å². The Balaban J connectivity index is 1.97. The summed E-state index contributed by atoms with van der Waals surface area (Å²) in [4.78, 5) is 15.0. The third kappa shape index (κ3) is 4.38. The molecular weight excluding hydrogens is 372 g/mol. The van der Waals surface area contributed by atoms with Gasteiger partial charge in [0.2, 0.25) is 5.91 Å². The van der Waals surface area contributed by atoms with Crippen LogP contribution >= 0.6 is 0 Å². The fourth-order valence-corrected chi connectivity index (χ4v) is 4.98. The molecule has 3 rings (SSSR count). The van der Waals surface area contributed by atoms with Gasteiger partial charge in [0, 0.05) is 13.1 Å². The van der Waals surface area contributed by atoms with Crippen LogP contribution in [-0.4, -0.2) is 38.9 Å². The maximum absolute atomic E-state index is 13.4. The molecule has 5 nitrogen and oxygen atoms in total. The van der Waals surface area contributed by atoms with E-state index in [1.165, 1.54) is 4.31 Å². The van der Waals surface area contributed by atoms with Crippen LogP contribution in [0.25, 0.3) is 0 Å². The molecule has 6 heteroatoms. The fourth-order valence-electron chi connectivity index (χ4n) is 3.55. The van der Waals surface area contributed by atoms with E-state index in [0.29, 0.717) is 24.7 Å². The summed E-state index contributed by atoms with van der Waals surface area (Å²) in [5.41, 5.74) is 2.59. The van der Waals surface area contributed by atoms with Gasteiger partial charge in [-0.25, -0.2) is 8.42 Å². The number of rotatable bonds is 5. The quantitative estimate of drug-likeness (QED) is 0.768. The lowest BCUT2D eigenvalue weighted by atomic mass is 10.0. The van der Waals surface area contributed by atoms with E-state index in [9.17, 15) is 13.2 Å². The minimum atomic E-state index is -3.85. The topological polar surface area (TPSA) is 57.7 Å². The predicted octanol–water partition coefficient (Wildman–Crippen LogP) is 3.76. The average Bonchev–Trinajstić information content (AvgIpc) is 2.68. The normalized spacial score (nSPS) is 17.4. The van der Waals surface area contributed by atoms with Gasteiger partial charge in [0.15, 0.2) is 0 Å². The second kappa shape index (κ2) is 8.35. The van der Waals surface area contributed by atoms with Crippen molar-refractivity contribution < 1.29 is 13.2 Å². The highest BCUT2D eigenvalue weighted by Crippen LogP contribution is 2.26. The van der Waals surface area contributed by atoms with E-state index >= 15 is 0 Å². The SMILES string of the molecule is Cc1ccc(N(CC(=O)N2CCC[C@@H](C)C2)S(=O)(=O)c2ccccc2)cc1C. The molecule has 28 heavy (non-hydrogen) atoms. The number of aryl methyl sites for hydroxylation is 2. The molecule has 0 aromatic heterocycles. The largest absolute Gasteiger partial charge is 0.341 e. The number of hydrogen-bond acceptors (Lipinski definition) is 3. The molecule has 1 heterocycles. The highest BCUT2D eigenvalue weighted by Gasteiger charge is 2.30. The van der Waals surface area contributed by atoms with E-state index in [1.807, 2.05) is 26.0 Å². The van der Waals surface area contributed by atoms with Crippen LogP contribution in [0.4, 0.5) is 5.69 Å². The van der Waals surface area contributed by atoms with E-state index in [2.05, 4.69) is 6.92 Å². The number of carbonyl (C=O) groups excluding carboxylic acids is 1. The Morgan fingerprint density at radius 1 is 1.11 bits per heavy atom. The Labute approximate surface area is 168 Å². The van der Waals surface area contributed by atoms with Crippen molar-refractivity contribution in [3.05, 3.63) is 59.7 Å². The van der Waals surface area contributed by atoms with Gasteiger partial charge in [0.05, 0.1) is 10.6 Å². The molecule has 1 atom stereocenters. The molecule has 0 spiro atoms. The smallest absolute Gasteiger partial charge is 0.264 e. The first-order valence-electron chi connectivity index (χ1n) is 9.72. The molecule has 0 radical (unpaired) electrons. The lowest BCUT2D eigenvalue weighted by Crippen LogP contribution is -2.46. The van der Waals surface area contributed by atoms with Gasteiger partial charge in [-0.15, -0.1) is 0 Å². The minimum absolute atomic E-state index is 0.149. The summed E-state index contributed by atoms with van der Waals surface area (Å²) < 4.78 is 28.0. The molecule has 150 valence electrons. The van der Waals surface area contributed by atoms with Crippen LogP contribution in [0, 0.1) is 19.8 Å². The van der Waals surface area contributed by atoms with Crippen molar-refractivity contribution in [2.24, 2.45) is 5.92 Å². The van der Waals surface area contributed by atoms with Gasteiger partial charge in [-0.3, -0.25) is 9.10 Å². The number of nitrogens with zero attached hydrogens (tertiary/aromatic N) is 2. The maximum atomic E-state index is 13.4. The number of likely N-dealkylation sites (tertiary alicyclic amines) is 1. The zero-order valence-corrected chi connectivity index (χ0v) is 17.6. The zero-order valence-electron chi connectivity index (χ0n) is 16.8. The zero-order chi connectivity index (χ0) is 20.3. The van der Waals surface area contributed by atoms with E-state index in [1.54, 1.807) is 41.3 Å². The van der Waals surface area contributed by atoms with E-state index in [4.69, 9.17) is 0 Å². The molecule has 1 aliphatic heterocycles. The molecule has 1 amide bonds. The number of sulfonamides is 1. The van der Waals surface area contributed by atoms with Crippen molar-refractivity contribution in [1.29, 1.82) is 0 Å². The Morgan fingerprint density at radius 2 is 1.82 bits per heavy atom. The monoisotopic (exact) mass is 400 g/mol. The molecule has 1 fully saturated rings. The highest BCUT2D eigenvalue weighted by molar-refractivity contribution is 7.92. The van der Waals surface area contributed by atoms with Gasteiger partial charge in [0.25, 0.3) is 10.0 Å². The molecule has 1 aliphatic rings. The summed E-state index contributed by atoms with van der Waals surface area (Å²) in [5.74, 6) is 0.294. The Bertz CT molecular complexity index is 942. The van der Waals surface area contributed by atoms with Crippen LogP contribution in [0.5, 0.6) is 0 Å². The van der Waals surface area contributed by atoms with Crippen molar-refractivity contribution in [3.63, 3.8) is 0 Å². The van der Waals surface area contributed by atoms with Crippen molar-refractivity contribution in [2.75, 3.05) is 23.9 Å². The third-order valence-corrected chi connectivity index (χ3v) is 7.19. The summed E-state index contributed by atoms with van der Waals surface area (Å²) >= 11 is 0. The van der Waals surface area contributed by atoms with Gasteiger partial charge in [0.1, 0.15) is 6.54 Å². The van der Waals surface area contributed by atoms with Gasteiger partial charge >= 0.3 is 0 Å². The molecule has 2 aromatic rings. The van der Waals surface area contributed by atoms with Crippen molar-refractivity contribution in [2.45, 2.75) is 38.5 Å². The van der Waals surface area contributed by atoms with Crippen LogP contribution in [0.15, 0.2) is 53.4 Å². The summed E-state index contributed by atoms with van der Waals surface area (Å²) in [6, 6.07) is 13.8. The first kappa shape index (κ1) is 20.4. The van der Waals surface area contributed by atoms with Crippen LogP contribution in [0.3, 0.4) is 0 Å². The Hall–Kier alpha value is -2.34. The predicted molar refractivity (Wildman–Crippen MR) is 112 cm³/mol. The third-order valence-electron chi connectivity index (χ3n) is 5.40. The van der Waals surface area contributed by atoms with Gasteiger partial charge in [-0.2, -0.15) is 0 Å². The lowest BCUT2D eigenvalue weighted by Gasteiger charge is -2.33. The number of piperidine rings is 1. The maximum Gasteiger partial charge on any atom is 0.264 e. The van der Waals surface area contributed by atoms with Crippen LogP contribution in [0.2, 0.25) is 0 Å². The molecule has 0 N–H and O–H groups in total. The van der Waals surface area contributed by atoms with E-state index in [-0.39, 0.29) is 17.3 Å². The second-order valence-corrected chi connectivity index (χ2v) is 9.54. The number of amides is 1. The number of anilines is 1. The van der Waals surface area contributed by atoms with Crippen molar-refractivity contribution >= 4 is 21.6 Å². The Kier molecular flexibility index (Phi) is 6.08. The summed E-state index contributed by atoms with van der Waals surface area (Å²) in [5, 5.41) is 0. The molecule has 0 unspecified atom stereocenters. The molecule has 0 aliphatic carbocycles. The standard InChI is InChI=1S/C22H28N2O3S/c1-17-8-7-13-23(15-17)22(25)16-24(20-12-11-18(2)19(3)14-20)28(26,27)21-9-5-4-6-10-21/h4-6,9-12,14,17H,7-8,13,15-16H2,1-3H3/t17-/m1/s1. The molecule has 1 saturated heterocycles. The number of benzene rings is 2. The fraction of sp³-hybridized carbons (Fsp3) is 0.409. The van der Waals surface area contributed by atoms with Crippen molar-refractivity contribution in [1.82, 2.24) is 4.90 Å². The highest BCUT2D eigenvalue weighted by atomic mass is 32.2. The summed E-state index contributed by atoms with van der Waals surface area (Å²) in [7, 11) is -3.85. The van der Waals surface area contributed by atoms with Crippen molar-refractivity contribution in [3.8, 4) is 0 Å². The molecule has 0 bridgehead atoms. The second-order valence-electron chi connectivity index (χ2n) is 7.68. The summed E-state index contributed by atoms with van der Waals surface area (Å²) in [6.07, 6.45) is 2.06. The van der Waals surface area contributed by atoms with Gasteiger partial charge in [-0.1, -0.05) is 31.2 Å². The summed E-state index contributed by atoms with van der Waals surface area (Å²) in [6.45, 7) is 7.24. The Morgan fingerprint density at radius 3 is 2.46 bits per heavy atom. The number of hydrogen-bond donors (Lipinski definition) is 0. The minimum Gasteiger partial charge on any atom is -0.341 e. The van der Waals surface area contributed by atoms with Crippen LogP contribution in [-0.2, 0) is 14.8 Å². The first-order chi connectivity index (χ1) is 13.3. The van der Waals surface area contributed by atoms with Gasteiger partial charge in [-0.05, 0) is 68.0 Å². The molecular formula is C22H28N2O3S. The lowest BCUT2D eigenvalue weighted by molar-refractivity contribution is -0.131. The van der Waals surface area contributed by atoms with E-state index in [0.717, 1.165) is 24.0 Å². The van der Waals surface area contributed by atoms with Gasteiger partial charge < -0.3 is 4.90 Å². The first-order valence-corrected chi connectivity index (χ1v) is 11.2. The molecule has 0 saturated carbocycles. The molecule has 2 aromatic carbocycles. The van der Waals surface area contributed by atoms with E-state index < -0.39 is 10.0 Å². The number of carbonyl (C=O) groups is 1.